The highest BCUT2D eigenvalue weighted by Crippen LogP contribution is 2.17. The number of carbonyl (C=O) groups excluding carboxylic acids is 1. The van der Waals surface area contributed by atoms with Gasteiger partial charge in [0.2, 0.25) is 10.9 Å². The second kappa shape index (κ2) is 6.88. The minimum absolute atomic E-state index is 0.144. The van der Waals surface area contributed by atoms with Crippen molar-refractivity contribution in [3.63, 3.8) is 0 Å². The summed E-state index contributed by atoms with van der Waals surface area (Å²) in [5.41, 5.74) is 0.899. The molecule has 124 valence electrons. The Morgan fingerprint density at radius 1 is 1.33 bits per heavy atom. The summed E-state index contributed by atoms with van der Waals surface area (Å²) in [6, 6.07) is 6.26. The summed E-state index contributed by atoms with van der Waals surface area (Å²) in [5.74, 6) is 0.0860. The number of benzene rings is 1. The fourth-order valence-corrected chi connectivity index (χ4v) is 2.98. The number of nitrogens with zero attached hydrogens (tertiary/aromatic N) is 3. The zero-order chi connectivity index (χ0) is 17.1. The van der Waals surface area contributed by atoms with Crippen molar-refractivity contribution in [2.45, 2.75) is 26.2 Å². The van der Waals surface area contributed by atoms with Gasteiger partial charge in [-0.25, -0.2) is 4.39 Å². The lowest BCUT2D eigenvalue weighted by molar-refractivity contribution is -0.116. The third-order valence-corrected chi connectivity index (χ3v) is 4.31. The Bertz CT molecular complexity index is 933. The molecule has 0 unspecified atom stereocenters. The van der Waals surface area contributed by atoms with Gasteiger partial charge in [-0.2, -0.15) is 14.6 Å². The predicted molar refractivity (Wildman–Crippen MR) is 89.8 cm³/mol. The Hall–Kier alpha value is -2.61. The summed E-state index contributed by atoms with van der Waals surface area (Å²) >= 11 is 1.24. The number of amides is 1. The maximum atomic E-state index is 12.8. The topological polar surface area (TPSA) is 76.4 Å². The number of hydrogen-bond donors (Lipinski definition) is 1. The van der Waals surface area contributed by atoms with Crippen LogP contribution in [0, 0.1) is 12.7 Å². The first kappa shape index (κ1) is 16.3. The molecule has 0 aliphatic heterocycles. The molecule has 0 saturated heterocycles. The average molecular weight is 346 g/mol. The second-order valence-corrected chi connectivity index (χ2v) is 6.18. The van der Waals surface area contributed by atoms with Gasteiger partial charge >= 0.3 is 0 Å². The van der Waals surface area contributed by atoms with E-state index in [9.17, 15) is 14.0 Å². The van der Waals surface area contributed by atoms with Crippen molar-refractivity contribution in [3.8, 4) is 0 Å². The van der Waals surface area contributed by atoms with Crippen LogP contribution < -0.4 is 10.9 Å². The Morgan fingerprint density at radius 2 is 2.08 bits per heavy atom. The fraction of sp³-hybridized carbons (Fsp3) is 0.250. The van der Waals surface area contributed by atoms with Crippen LogP contribution in [0.1, 0.15) is 24.1 Å². The number of fused-ring (bicyclic) bond motifs is 1. The standard InChI is InChI=1S/C16H15FN4O2S/c1-10-15(23)19-16-21(20-10)13(9-24-16)18-14(22)4-2-3-11-5-7-12(17)8-6-11/h5-9H,2-4H2,1H3,(H,18,22). The molecule has 0 spiro atoms. The van der Waals surface area contributed by atoms with Gasteiger partial charge in [-0.05, 0) is 37.5 Å². The average Bonchev–Trinajstić information content (AvgIpc) is 2.92. The second-order valence-electron chi connectivity index (χ2n) is 5.35. The van der Waals surface area contributed by atoms with Gasteiger partial charge in [0.1, 0.15) is 17.3 Å². The lowest BCUT2D eigenvalue weighted by atomic mass is 10.1. The van der Waals surface area contributed by atoms with E-state index in [4.69, 9.17) is 0 Å². The third-order valence-electron chi connectivity index (χ3n) is 3.49. The predicted octanol–water partition coefficient (Wildman–Crippen LogP) is 2.56. The zero-order valence-electron chi connectivity index (χ0n) is 13.0. The van der Waals surface area contributed by atoms with Gasteiger partial charge in [0.15, 0.2) is 0 Å². The Kier molecular flexibility index (Phi) is 4.66. The largest absolute Gasteiger partial charge is 0.310 e. The molecule has 6 nitrogen and oxygen atoms in total. The summed E-state index contributed by atoms with van der Waals surface area (Å²) < 4.78 is 14.3. The first-order valence-electron chi connectivity index (χ1n) is 7.42. The molecule has 3 rings (SSSR count). The van der Waals surface area contributed by atoms with E-state index in [1.54, 1.807) is 24.4 Å². The monoisotopic (exact) mass is 346 g/mol. The number of nitrogens with one attached hydrogen (secondary N) is 1. The van der Waals surface area contributed by atoms with Crippen molar-refractivity contribution in [2.75, 3.05) is 5.32 Å². The fourth-order valence-electron chi connectivity index (χ4n) is 2.23. The van der Waals surface area contributed by atoms with Gasteiger partial charge in [-0.3, -0.25) is 9.59 Å². The molecule has 1 aromatic carbocycles. The number of hydrogen-bond acceptors (Lipinski definition) is 5. The molecular weight excluding hydrogens is 331 g/mol. The van der Waals surface area contributed by atoms with E-state index in [0.29, 0.717) is 30.0 Å². The van der Waals surface area contributed by atoms with E-state index in [0.717, 1.165) is 5.56 Å². The Morgan fingerprint density at radius 3 is 2.83 bits per heavy atom. The molecule has 0 saturated carbocycles. The molecule has 2 heterocycles. The van der Waals surface area contributed by atoms with Crippen LogP contribution in [-0.2, 0) is 11.2 Å². The van der Waals surface area contributed by atoms with E-state index in [1.807, 2.05) is 0 Å². The van der Waals surface area contributed by atoms with Crippen LogP contribution in [0.2, 0.25) is 0 Å². The highest BCUT2D eigenvalue weighted by Gasteiger charge is 2.10. The zero-order valence-corrected chi connectivity index (χ0v) is 13.8. The van der Waals surface area contributed by atoms with Crippen molar-refractivity contribution >= 4 is 28.0 Å². The maximum absolute atomic E-state index is 12.8. The Labute approximate surface area is 141 Å². The first-order valence-corrected chi connectivity index (χ1v) is 8.30. The summed E-state index contributed by atoms with van der Waals surface area (Å²) in [4.78, 5) is 27.9. The molecular formula is C16H15FN4O2S. The molecule has 24 heavy (non-hydrogen) atoms. The number of rotatable bonds is 5. The number of aryl methyl sites for hydroxylation is 2. The minimum Gasteiger partial charge on any atom is -0.310 e. The third kappa shape index (κ3) is 3.65. The minimum atomic E-state index is -0.367. The van der Waals surface area contributed by atoms with Crippen LogP contribution in [0.3, 0.4) is 0 Å². The normalized spacial score (nSPS) is 10.9. The van der Waals surface area contributed by atoms with Crippen molar-refractivity contribution in [1.82, 2.24) is 14.6 Å². The number of halogens is 1. The highest BCUT2D eigenvalue weighted by molar-refractivity contribution is 7.15. The van der Waals surface area contributed by atoms with Gasteiger partial charge in [-0.15, -0.1) is 11.3 Å². The van der Waals surface area contributed by atoms with Crippen LogP contribution in [0.25, 0.3) is 4.96 Å². The lowest BCUT2D eigenvalue weighted by Crippen LogP contribution is -2.18. The van der Waals surface area contributed by atoms with E-state index in [1.165, 1.54) is 28.0 Å². The molecule has 3 aromatic rings. The van der Waals surface area contributed by atoms with Crippen LogP contribution >= 0.6 is 11.3 Å². The van der Waals surface area contributed by atoms with Gasteiger partial charge < -0.3 is 5.32 Å². The number of thiazole rings is 1. The van der Waals surface area contributed by atoms with Crippen molar-refractivity contribution in [1.29, 1.82) is 0 Å². The molecule has 2 aromatic heterocycles. The van der Waals surface area contributed by atoms with E-state index >= 15 is 0 Å². The molecule has 0 fully saturated rings. The molecule has 8 heteroatoms. The maximum Gasteiger partial charge on any atom is 0.295 e. The molecule has 0 atom stereocenters. The lowest BCUT2D eigenvalue weighted by Gasteiger charge is -2.05. The van der Waals surface area contributed by atoms with Crippen LogP contribution in [0.15, 0.2) is 34.4 Å². The number of carbonyl (C=O) groups is 1. The molecule has 0 aliphatic rings. The van der Waals surface area contributed by atoms with Crippen LogP contribution in [0.5, 0.6) is 0 Å². The van der Waals surface area contributed by atoms with Crippen molar-refractivity contribution < 1.29 is 9.18 Å². The van der Waals surface area contributed by atoms with Crippen molar-refractivity contribution in [3.05, 3.63) is 57.1 Å². The first-order chi connectivity index (χ1) is 11.5. The van der Waals surface area contributed by atoms with Gasteiger partial charge in [-0.1, -0.05) is 12.1 Å². The number of anilines is 1. The molecule has 0 aliphatic carbocycles. The Balaban J connectivity index is 1.60. The molecule has 1 amide bonds. The summed E-state index contributed by atoms with van der Waals surface area (Å²) in [7, 11) is 0. The molecule has 0 bridgehead atoms. The van der Waals surface area contributed by atoms with Crippen LogP contribution in [0.4, 0.5) is 10.2 Å². The van der Waals surface area contributed by atoms with Gasteiger partial charge in [0.25, 0.3) is 5.56 Å². The number of aromatic nitrogens is 3. The van der Waals surface area contributed by atoms with E-state index in [2.05, 4.69) is 15.4 Å². The van der Waals surface area contributed by atoms with Crippen LogP contribution in [-0.4, -0.2) is 20.5 Å². The highest BCUT2D eigenvalue weighted by atomic mass is 32.1. The molecule has 1 N–H and O–H groups in total. The van der Waals surface area contributed by atoms with E-state index < -0.39 is 0 Å². The smallest absolute Gasteiger partial charge is 0.295 e. The van der Waals surface area contributed by atoms with Gasteiger partial charge in [0.05, 0.1) is 0 Å². The van der Waals surface area contributed by atoms with Gasteiger partial charge in [0, 0.05) is 11.8 Å². The molecule has 0 radical (unpaired) electrons. The summed E-state index contributed by atoms with van der Waals surface area (Å²) in [5, 5.41) is 8.60. The van der Waals surface area contributed by atoms with E-state index in [-0.39, 0.29) is 23.0 Å². The van der Waals surface area contributed by atoms with Crippen molar-refractivity contribution in [2.24, 2.45) is 0 Å². The summed E-state index contributed by atoms with van der Waals surface area (Å²) in [6.45, 7) is 1.58. The SMILES string of the molecule is Cc1nn2c(NC(=O)CCCc3ccc(F)cc3)csc2nc1=O. The quantitative estimate of drug-likeness (QED) is 0.770. The summed E-state index contributed by atoms with van der Waals surface area (Å²) in [6.07, 6.45) is 1.69.